The Morgan fingerprint density at radius 1 is 1.25 bits per heavy atom. The van der Waals surface area contributed by atoms with Gasteiger partial charge in [-0.2, -0.15) is 13.2 Å². The molecule has 1 fully saturated rings. The summed E-state index contributed by atoms with van der Waals surface area (Å²) in [4.78, 5) is 0. The first-order chi connectivity index (χ1) is 5.58. The van der Waals surface area contributed by atoms with Gasteiger partial charge in [-0.25, -0.2) is 0 Å². The van der Waals surface area contributed by atoms with E-state index < -0.39 is 21.6 Å². The lowest BCUT2D eigenvalue weighted by molar-refractivity contribution is -0.131. The van der Waals surface area contributed by atoms with Gasteiger partial charge < -0.3 is 4.43 Å². The van der Waals surface area contributed by atoms with Crippen molar-refractivity contribution in [3.63, 3.8) is 0 Å². The molecule has 12 heavy (non-hydrogen) atoms. The van der Waals surface area contributed by atoms with E-state index in [0.29, 0.717) is 6.61 Å². The maximum absolute atomic E-state index is 11.8. The summed E-state index contributed by atoms with van der Waals surface area (Å²) in [5, 5.41) is 0. The monoisotopic (exact) mass is 198 g/mol. The molecule has 0 aliphatic carbocycles. The summed E-state index contributed by atoms with van der Waals surface area (Å²) in [6, 6.07) is 1.19. The zero-order valence-corrected chi connectivity index (χ0v) is 8.02. The molecule has 5 heteroatoms. The van der Waals surface area contributed by atoms with Crippen molar-refractivity contribution >= 4 is 9.04 Å². The van der Waals surface area contributed by atoms with Crippen molar-refractivity contribution < 1.29 is 17.6 Å². The van der Waals surface area contributed by atoms with Crippen molar-refractivity contribution in [2.45, 2.75) is 37.5 Å². The summed E-state index contributed by atoms with van der Waals surface area (Å²) in [7, 11) is -1.45. The summed E-state index contributed by atoms with van der Waals surface area (Å²) >= 11 is 0. The van der Waals surface area contributed by atoms with Crippen molar-refractivity contribution in [3.8, 4) is 0 Å². The van der Waals surface area contributed by atoms with Gasteiger partial charge in [-0.05, 0) is 18.5 Å². The molecule has 0 radical (unpaired) electrons. The van der Waals surface area contributed by atoms with Crippen molar-refractivity contribution in [1.29, 1.82) is 0 Å². The predicted molar refractivity (Wildman–Crippen MR) is 42.6 cm³/mol. The average molecular weight is 198 g/mol. The molecular weight excluding hydrogens is 185 g/mol. The van der Waals surface area contributed by atoms with Crippen LogP contribution >= 0.6 is 0 Å². The summed E-state index contributed by atoms with van der Waals surface area (Å²) in [6.07, 6.45) is -2.55. The third-order valence-corrected chi connectivity index (χ3v) is 4.72. The fourth-order valence-corrected chi connectivity index (χ4v) is 3.88. The second-order valence-electron chi connectivity index (χ2n) is 3.14. The summed E-state index contributed by atoms with van der Waals surface area (Å²) in [5.74, 6) is 0. The van der Waals surface area contributed by atoms with Crippen LogP contribution in [0, 0.1) is 0 Å². The highest BCUT2D eigenvalue weighted by molar-refractivity contribution is 6.51. The molecule has 1 saturated heterocycles. The lowest BCUT2D eigenvalue weighted by atomic mass is 10.4. The molecule has 0 N–H and O–H groups in total. The van der Waals surface area contributed by atoms with Crippen LogP contribution in [0.2, 0.25) is 12.1 Å². The minimum absolute atomic E-state index is 0.267. The number of hydrogen-bond donors (Lipinski definition) is 0. The molecule has 1 aliphatic rings. The first kappa shape index (κ1) is 10.1. The fourth-order valence-electron chi connectivity index (χ4n) is 1.36. The minimum atomic E-state index is -3.99. The van der Waals surface area contributed by atoms with Gasteiger partial charge in [0.25, 0.3) is 0 Å². The Hall–Kier alpha value is -0.0331. The Morgan fingerprint density at radius 2 is 2.00 bits per heavy atom. The van der Waals surface area contributed by atoms with Crippen LogP contribution in [0.25, 0.3) is 0 Å². The van der Waals surface area contributed by atoms with Crippen molar-refractivity contribution in [2.24, 2.45) is 0 Å². The Kier molecular flexibility index (Phi) is 3.58. The minimum Gasteiger partial charge on any atom is -0.420 e. The normalized spacial score (nSPS) is 25.8. The van der Waals surface area contributed by atoms with Crippen LogP contribution in [-0.2, 0) is 4.43 Å². The first-order valence-electron chi connectivity index (χ1n) is 4.26. The first-order valence-corrected chi connectivity index (χ1v) is 6.37. The van der Waals surface area contributed by atoms with Crippen LogP contribution in [-0.4, -0.2) is 21.8 Å². The molecule has 1 rings (SSSR count). The molecular formula is C7H13F3OSi. The zero-order valence-electron chi connectivity index (χ0n) is 6.86. The molecule has 0 aromatic carbocycles. The van der Waals surface area contributed by atoms with Gasteiger partial charge in [0, 0.05) is 13.0 Å². The van der Waals surface area contributed by atoms with Crippen LogP contribution < -0.4 is 0 Å². The third kappa shape index (κ3) is 4.11. The van der Waals surface area contributed by atoms with Crippen LogP contribution in [0.4, 0.5) is 13.2 Å². The zero-order chi connectivity index (χ0) is 9.03. The second-order valence-corrected chi connectivity index (χ2v) is 5.87. The van der Waals surface area contributed by atoms with Gasteiger partial charge >= 0.3 is 6.18 Å². The fraction of sp³-hybridized carbons (Fsp3) is 1.00. The van der Waals surface area contributed by atoms with E-state index in [9.17, 15) is 13.2 Å². The molecule has 0 aromatic rings. The molecule has 0 saturated carbocycles. The lowest BCUT2D eigenvalue weighted by Gasteiger charge is -2.21. The Labute approximate surface area is 71.6 Å². The predicted octanol–water partition coefficient (Wildman–Crippen LogP) is 2.47. The number of alkyl halides is 3. The summed E-state index contributed by atoms with van der Waals surface area (Å²) in [6.45, 7) is 0.689. The quantitative estimate of drug-likeness (QED) is 0.619. The van der Waals surface area contributed by atoms with Crippen LogP contribution in [0.1, 0.15) is 19.3 Å². The topological polar surface area (TPSA) is 9.23 Å². The molecule has 72 valence electrons. The van der Waals surface area contributed by atoms with Gasteiger partial charge in [0.15, 0.2) is 9.04 Å². The smallest absolute Gasteiger partial charge is 0.388 e. The summed E-state index contributed by atoms with van der Waals surface area (Å²) in [5.41, 5.74) is 0. The van der Waals surface area contributed by atoms with Crippen LogP contribution in [0.3, 0.4) is 0 Å². The van der Waals surface area contributed by atoms with Crippen LogP contribution in [0.15, 0.2) is 0 Å². The van der Waals surface area contributed by atoms with E-state index in [4.69, 9.17) is 4.43 Å². The Bertz CT molecular complexity index is 131. The number of rotatable bonds is 2. The van der Waals surface area contributed by atoms with E-state index in [1.807, 2.05) is 0 Å². The van der Waals surface area contributed by atoms with Crippen LogP contribution in [0.5, 0.6) is 0 Å². The van der Waals surface area contributed by atoms with E-state index >= 15 is 0 Å². The highest BCUT2D eigenvalue weighted by Crippen LogP contribution is 2.25. The van der Waals surface area contributed by atoms with Gasteiger partial charge in [-0.1, -0.05) is 6.42 Å². The van der Waals surface area contributed by atoms with Gasteiger partial charge in [-0.15, -0.1) is 0 Å². The molecule has 1 aliphatic heterocycles. The second kappa shape index (κ2) is 4.27. The van der Waals surface area contributed by atoms with E-state index in [1.165, 1.54) is 0 Å². The maximum Gasteiger partial charge on any atom is 0.388 e. The van der Waals surface area contributed by atoms with Crippen molar-refractivity contribution in [3.05, 3.63) is 0 Å². The third-order valence-electron chi connectivity index (χ3n) is 2.02. The molecule has 0 bridgehead atoms. The van der Waals surface area contributed by atoms with Crippen molar-refractivity contribution in [2.75, 3.05) is 6.61 Å². The largest absolute Gasteiger partial charge is 0.420 e. The van der Waals surface area contributed by atoms with Gasteiger partial charge in [0.05, 0.1) is 0 Å². The molecule has 0 aromatic heterocycles. The van der Waals surface area contributed by atoms with Gasteiger partial charge in [0.1, 0.15) is 0 Å². The highest BCUT2D eigenvalue weighted by Gasteiger charge is 2.29. The standard InChI is InChI=1S/C7H13F3OSi/c8-7(9,10)3-6-12-5-2-1-4-11-12/h12H,1-6H2. The molecule has 1 unspecified atom stereocenters. The Morgan fingerprint density at radius 3 is 2.50 bits per heavy atom. The van der Waals surface area contributed by atoms with E-state index in [0.717, 1.165) is 18.9 Å². The lowest BCUT2D eigenvalue weighted by Crippen LogP contribution is -2.25. The average Bonchev–Trinajstić information content (AvgIpc) is 2.02. The Balaban J connectivity index is 2.13. The van der Waals surface area contributed by atoms with Gasteiger partial charge in [0.2, 0.25) is 0 Å². The molecule has 1 nitrogen and oxygen atoms in total. The SMILES string of the molecule is FC(F)(F)CC[SiH]1CCCCO1. The van der Waals surface area contributed by atoms with Crippen molar-refractivity contribution in [1.82, 2.24) is 0 Å². The number of halogens is 3. The van der Waals surface area contributed by atoms with Gasteiger partial charge in [-0.3, -0.25) is 0 Å². The molecule has 1 heterocycles. The van der Waals surface area contributed by atoms with E-state index in [2.05, 4.69) is 0 Å². The van der Waals surface area contributed by atoms with E-state index in [1.54, 1.807) is 0 Å². The highest BCUT2D eigenvalue weighted by atomic mass is 28.3. The molecule has 0 amide bonds. The number of hydrogen-bond acceptors (Lipinski definition) is 1. The maximum atomic E-state index is 11.8. The summed E-state index contributed by atoms with van der Waals surface area (Å²) < 4.78 is 40.6. The molecule has 1 atom stereocenters. The molecule has 0 spiro atoms. The van der Waals surface area contributed by atoms with E-state index in [-0.39, 0.29) is 6.04 Å².